The smallest absolute Gasteiger partial charge is 0.219 e. The van der Waals surface area contributed by atoms with Crippen molar-refractivity contribution < 1.29 is 4.79 Å². The van der Waals surface area contributed by atoms with Crippen LogP contribution in [-0.2, 0) is 4.79 Å². The predicted octanol–water partition coefficient (Wildman–Crippen LogP) is 2.25. The molecule has 0 spiro atoms. The first-order valence-electron chi connectivity index (χ1n) is 4.96. The predicted molar refractivity (Wildman–Crippen MR) is 65.1 cm³/mol. The molecule has 1 heterocycles. The highest BCUT2D eigenvalue weighted by atomic mass is 32.1. The number of thiol groups is 1. The summed E-state index contributed by atoms with van der Waals surface area (Å²) in [5, 5.41) is 0. The Bertz CT molecular complexity index is 273. The van der Waals surface area contributed by atoms with Gasteiger partial charge in [0.15, 0.2) is 0 Å². The van der Waals surface area contributed by atoms with Crippen molar-refractivity contribution in [2.45, 2.75) is 25.7 Å². The summed E-state index contributed by atoms with van der Waals surface area (Å²) in [5.41, 5.74) is 0. The molecule has 1 aromatic heterocycles. The number of aromatic nitrogens is 1. The van der Waals surface area contributed by atoms with E-state index in [1.54, 1.807) is 24.2 Å². The Morgan fingerprint density at radius 2 is 1.80 bits per heavy atom. The third-order valence-electron chi connectivity index (χ3n) is 1.87. The lowest BCUT2D eigenvalue weighted by Crippen LogP contribution is -2.27. The number of amides is 1. The molecule has 1 amide bonds. The Labute approximate surface area is 96.9 Å². The van der Waals surface area contributed by atoms with Gasteiger partial charge in [0.05, 0.1) is 0 Å². The minimum absolute atomic E-state index is 0.162. The minimum Gasteiger partial charge on any atom is -0.343 e. The van der Waals surface area contributed by atoms with Gasteiger partial charge >= 0.3 is 0 Å². The van der Waals surface area contributed by atoms with E-state index in [1.807, 2.05) is 26.0 Å². The van der Waals surface area contributed by atoms with E-state index in [0.29, 0.717) is 0 Å². The van der Waals surface area contributed by atoms with E-state index in [0.717, 1.165) is 18.0 Å². The summed E-state index contributed by atoms with van der Waals surface area (Å²) in [7, 11) is 0. The van der Waals surface area contributed by atoms with Crippen molar-refractivity contribution in [2.24, 2.45) is 0 Å². The molecule has 0 bridgehead atoms. The van der Waals surface area contributed by atoms with Crippen LogP contribution in [0.4, 0.5) is 0 Å². The van der Waals surface area contributed by atoms with Gasteiger partial charge < -0.3 is 4.90 Å². The van der Waals surface area contributed by atoms with Crippen LogP contribution in [0.1, 0.15) is 20.8 Å². The molecule has 0 saturated heterocycles. The zero-order chi connectivity index (χ0) is 11.7. The van der Waals surface area contributed by atoms with Crippen molar-refractivity contribution in [3.05, 3.63) is 24.5 Å². The van der Waals surface area contributed by atoms with E-state index in [2.05, 4.69) is 17.6 Å². The molecule has 4 heteroatoms. The molecular formula is C11H18N2OS. The van der Waals surface area contributed by atoms with Gasteiger partial charge in [-0.2, -0.15) is 0 Å². The summed E-state index contributed by atoms with van der Waals surface area (Å²) in [5.74, 6) is 0.162. The van der Waals surface area contributed by atoms with E-state index >= 15 is 0 Å². The second kappa shape index (κ2) is 8.29. The molecular weight excluding hydrogens is 208 g/mol. The first-order valence-corrected chi connectivity index (χ1v) is 5.41. The van der Waals surface area contributed by atoms with Crippen molar-refractivity contribution in [1.82, 2.24) is 9.88 Å². The highest BCUT2D eigenvalue weighted by molar-refractivity contribution is 7.80. The highest BCUT2D eigenvalue weighted by Gasteiger charge is 1.99. The molecule has 0 aliphatic carbocycles. The van der Waals surface area contributed by atoms with Crippen molar-refractivity contribution in [3.8, 4) is 0 Å². The van der Waals surface area contributed by atoms with Crippen LogP contribution < -0.4 is 0 Å². The fraction of sp³-hybridized carbons (Fsp3) is 0.455. The Morgan fingerprint density at radius 3 is 1.93 bits per heavy atom. The molecule has 0 fully saturated rings. The normalized spacial score (nSPS) is 8.80. The molecule has 0 aliphatic rings. The van der Waals surface area contributed by atoms with Crippen LogP contribution in [0.15, 0.2) is 29.4 Å². The third-order valence-corrected chi connectivity index (χ3v) is 2.17. The topological polar surface area (TPSA) is 33.2 Å². The lowest BCUT2D eigenvalue weighted by atomic mass is 10.5. The third kappa shape index (κ3) is 6.96. The molecule has 0 aromatic carbocycles. The number of nitrogens with zero attached hydrogens (tertiary/aromatic N) is 2. The zero-order valence-corrected chi connectivity index (χ0v) is 10.4. The van der Waals surface area contributed by atoms with Gasteiger partial charge in [-0.05, 0) is 26.0 Å². The van der Waals surface area contributed by atoms with Crippen molar-refractivity contribution in [1.29, 1.82) is 0 Å². The summed E-state index contributed by atoms with van der Waals surface area (Å²) >= 11 is 4.04. The van der Waals surface area contributed by atoms with Gasteiger partial charge in [0.25, 0.3) is 0 Å². The van der Waals surface area contributed by atoms with Crippen LogP contribution in [-0.4, -0.2) is 28.9 Å². The van der Waals surface area contributed by atoms with Crippen LogP contribution >= 0.6 is 12.6 Å². The summed E-state index contributed by atoms with van der Waals surface area (Å²) in [6.07, 6.45) is 3.42. The maximum atomic E-state index is 10.5. The fourth-order valence-electron chi connectivity index (χ4n) is 1.01. The maximum absolute atomic E-state index is 10.5. The molecule has 15 heavy (non-hydrogen) atoms. The maximum Gasteiger partial charge on any atom is 0.219 e. The number of hydrogen-bond acceptors (Lipinski definition) is 3. The fourth-order valence-corrected chi connectivity index (χ4v) is 1.15. The molecule has 1 rings (SSSR count). The summed E-state index contributed by atoms with van der Waals surface area (Å²) < 4.78 is 0. The quantitative estimate of drug-likeness (QED) is 0.785. The highest BCUT2D eigenvalue weighted by Crippen LogP contribution is 1.98. The lowest BCUT2D eigenvalue weighted by molar-refractivity contribution is -0.128. The van der Waals surface area contributed by atoms with E-state index in [9.17, 15) is 4.79 Å². The van der Waals surface area contributed by atoms with Gasteiger partial charge in [0.2, 0.25) is 5.91 Å². The first-order chi connectivity index (χ1) is 7.11. The largest absolute Gasteiger partial charge is 0.343 e. The summed E-state index contributed by atoms with van der Waals surface area (Å²) in [6, 6.07) is 3.67. The van der Waals surface area contributed by atoms with Crippen LogP contribution in [0.2, 0.25) is 0 Å². The molecule has 0 N–H and O–H groups in total. The number of carbonyl (C=O) groups is 1. The Kier molecular flexibility index (Phi) is 7.72. The van der Waals surface area contributed by atoms with Crippen LogP contribution in [0.5, 0.6) is 0 Å². The van der Waals surface area contributed by atoms with Crippen molar-refractivity contribution in [2.75, 3.05) is 13.1 Å². The van der Waals surface area contributed by atoms with Gasteiger partial charge in [-0.1, -0.05) is 0 Å². The molecule has 0 radical (unpaired) electrons. The number of carbonyl (C=O) groups excluding carboxylic acids is 1. The van der Waals surface area contributed by atoms with Gasteiger partial charge in [0, 0.05) is 37.3 Å². The zero-order valence-electron chi connectivity index (χ0n) is 9.47. The standard InChI is InChI=1S/C6H13NO.C5H5NS/c1-4-7(5-2)6(3)8;7-5-1-3-6-4-2-5/h4-5H2,1-3H3;1-4H,(H,6,7). The van der Waals surface area contributed by atoms with Gasteiger partial charge in [-0.25, -0.2) is 0 Å². The molecule has 3 nitrogen and oxygen atoms in total. The molecule has 0 atom stereocenters. The Hall–Kier alpha value is -1.03. The van der Waals surface area contributed by atoms with E-state index in [-0.39, 0.29) is 5.91 Å². The van der Waals surface area contributed by atoms with Gasteiger partial charge in [-0.3, -0.25) is 9.78 Å². The molecule has 1 aromatic rings. The first kappa shape index (κ1) is 14.0. The van der Waals surface area contributed by atoms with Crippen molar-refractivity contribution >= 4 is 18.5 Å². The monoisotopic (exact) mass is 226 g/mol. The SMILES string of the molecule is CCN(CC)C(C)=O.Sc1ccncc1. The van der Waals surface area contributed by atoms with Gasteiger partial charge in [-0.15, -0.1) is 12.6 Å². The summed E-state index contributed by atoms with van der Waals surface area (Å²) in [4.78, 5) is 17.1. The number of rotatable bonds is 2. The average molecular weight is 226 g/mol. The molecule has 84 valence electrons. The van der Waals surface area contributed by atoms with E-state index in [1.165, 1.54) is 0 Å². The summed E-state index contributed by atoms with van der Waals surface area (Å²) in [6.45, 7) is 7.19. The Balaban J connectivity index is 0.000000262. The van der Waals surface area contributed by atoms with Crippen LogP contribution in [0, 0.1) is 0 Å². The number of hydrogen-bond donors (Lipinski definition) is 1. The van der Waals surface area contributed by atoms with Crippen LogP contribution in [0.3, 0.4) is 0 Å². The van der Waals surface area contributed by atoms with Crippen LogP contribution in [0.25, 0.3) is 0 Å². The molecule has 0 unspecified atom stereocenters. The lowest BCUT2D eigenvalue weighted by Gasteiger charge is -2.14. The van der Waals surface area contributed by atoms with Crippen molar-refractivity contribution in [3.63, 3.8) is 0 Å². The second-order valence-corrected chi connectivity index (χ2v) is 3.41. The van der Waals surface area contributed by atoms with Gasteiger partial charge in [0.1, 0.15) is 0 Å². The minimum atomic E-state index is 0.162. The Morgan fingerprint density at radius 1 is 1.33 bits per heavy atom. The molecule has 0 aliphatic heterocycles. The second-order valence-electron chi connectivity index (χ2n) is 2.90. The van der Waals surface area contributed by atoms with E-state index in [4.69, 9.17) is 0 Å². The molecule has 0 saturated carbocycles. The number of pyridine rings is 1. The average Bonchev–Trinajstić information content (AvgIpc) is 2.21. The van der Waals surface area contributed by atoms with E-state index < -0.39 is 0 Å².